The second-order valence-corrected chi connectivity index (χ2v) is 5.43. The second-order valence-electron chi connectivity index (χ2n) is 3.82. The third-order valence-corrected chi connectivity index (χ3v) is 3.71. The van der Waals surface area contributed by atoms with Crippen molar-refractivity contribution in [2.24, 2.45) is 5.11 Å². The molecule has 0 amide bonds. The highest BCUT2D eigenvalue weighted by Gasteiger charge is 2.16. The number of hydrogen-bond acceptors (Lipinski definition) is 4. The molecule has 0 radical (unpaired) electrons. The van der Waals surface area contributed by atoms with E-state index in [-0.39, 0.29) is 11.5 Å². The molecule has 0 aliphatic carbocycles. The maximum Gasteiger partial charge on any atom is 0.296 e. The molecule has 0 fully saturated rings. The summed E-state index contributed by atoms with van der Waals surface area (Å²) in [6.07, 6.45) is 0.521. The summed E-state index contributed by atoms with van der Waals surface area (Å²) in [5.74, 6) is 0. The molecule has 7 heteroatoms. The molecule has 0 aliphatic heterocycles. The van der Waals surface area contributed by atoms with Gasteiger partial charge in [0.1, 0.15) is 0 Å². The minimum absolute atomic E-state index is 0.101. The molecule has 1 aromatic carbocycles. The van der Waals surface area contributed by atoms with Crippen molar-refractivity contribution in [3.63, 3.8) is 0 Å². The lowest BCUT2D eigenvalue weighted by atomic mass is 10.2. The average molecular weight is 269 g/mol. The van der Waals surface area contributed by atoms with Crippen LogP contribution in [0.3, 0.4) is 0 Å². The molecule has 1 aromatic rings. The Labute approximate surface area is 106 Å². The van der Waals surface area contributed by atoms with Crippen molar-refractivity contribution in [2.45, 2.75) is 31.2 Å². The van der Waals surface area contributed by atoms with Crippen molar-refractivity contribution in [2.75, 3.05) is 6.61 Å². The van der Waals surface area contributed by atoms with E-state index < -0.39 is 16.2 Å². The number of hydrogen-bond donors (Lipinski definition) is 0. The third-order valence-electron chi connectivity index (χ3n) is 2.41. The molecule has 98 valence electrons. The fourth-order valence-corrected chi connectivity index (χ4v) is 2.19. The summed E-state index contributed by atoms with van der Waals surface area (Å²) in [6.45, 7) is 3.52. The zero-order valence-electron chi connectivity index (χ0n) is 10.3. The summed E-state index contributed by atoms with van der Waals surface area (Å²) in [6, 6.07) is 5.88. The SMILES string of the molecule is CCC(COS(=O)(=O)c1ccc(C)cc1)N=[N+]=[N-]. The molecule has 0 bridgehead atoms. The van der Waals surface area contributed by atoms with Gasteiger partial charge in [0, 0.05) is 4.91 Å². The van der Waals surface area contributed by atoms with E-state index in [9.17, 15) is 8.42 Å². The van der Waals surface area contributed by atoms with Gasteiger partial charge in [0.05, 0.1) is 17.5 Å². The van der Waals surface area contributed by atoms with Crippen LogP contribution >= 0.6 is 0 Å². The summed E-state index contributed by atoms with van der Waals surface area (Å²) in [5, 5.41) is 3.44. The van der Waals surface area contributed by atoms with Crippen LogP contribution < -0.4 is 0 Å². The monoisotopic (exact) mass is 269 g/mol. The van der Waals surface area contributed by atoms with Crippen molar-refractivity contribution in [1.82, 2.24) is 0 Å². The zero-order chi connectivity index (χ0) is 13.6. The van der Waals surface area contributed by atoms with Gasteiger partial charge in [-0.2, -0.15) is 8.42 Å². The van der Waals surface area contributed by atoms with E-state index in [4.69, 9.17) is 9.71 Å². The summed E-state index contributed by atoms with van der Waals surface area (Å²) in [4.78, 5) is 2.74. The fourth-order valence-electron chi connectivity index (χ4n) is 1.25. The number of rotatable bonds is 6. The van der Waals surface area contributed by atoms with Crippen LogP contribution in [0.25, 0.3) is 10.4 Å². The van der Waals surface area contributed by atoms with Gasteiger partial charge in [0.25, 0.3) is 10.1 Å². The summed E-state index contributed by atoms with van der Waals surface area (Å²) < 4.78 is 28.5. The normalized spacial score (nSPS) is 12.8. The van der Waals surface area contributed by atoms with Gasteiger partial charge in [-0.3, -0.25) is 4.18 Å². The maximum atomic E-state index is 11.8. The fraction of sp³-hybridized carbons (Fsp3) is 0.455. The first-order valence-corrected chi connectivity index (χ1v) is 6.90. The molecule has 6 nitrogen and oxygen atoms in total. The zero-order valence-corrected chi connectivity index (χ0v) is 11.1. The molecule has 0 aromatic heterocycles. The van der Waals surface area contributed by atoms with Gasteiger partial charge >= 0.3 is 0 Å². The molecule has 0 aliphatic rings. The lowest BCUT2D eigenvalue weighted by Gasteiger charge is -2.09. The van der Waals surface area contributed by atoms with Gasteiger partial charge in [-0.05, 0) is 31.0 Å². The van der Waals surface area contributed by atoms with Crippen molar-refractivity contribution < 1.29 is 12.6 Å². The first kappa shape index (κ1) is 14.5. The number of azide groups is 1. The molecule has 0 saturated heterocycles. The smallest absolute Gasteiger partial charge is 0.266 e. The standard InChI is InChI=1S/C11H15N3O3S/c1-3-10(13-14-12)8-17-18(15,16)11-6-4-9(2)5-7-11/h4-7,10H,3,8H2,1-2H3. The van der Waals surface area contributed by atoms with Crippen LogP contribution in [-0.2, 0) is 14.3 Å². The molecular formula is C11H15N3O3S. The number of benzene rings is 1. The molecule has 0 spiro atoms. The Morgan fingerprint density at radius 3 is 2.50 bits per heavy atom. The topological polar surface area (TPSA) is 92.1 Å². The van der Waals surface area contributed by atoms with Crippen LogP contribution in [-0.4, -0.2) is 21.1 Å². The molecule has 1 atom stereocenters. The van der Waals surface area contributed by atoms with E-state index in [2.05, 4.69) is 10.0 Å². The Morgan fingerprint density at radius 1 is 1.39 bits per heavy atom. The Morgan fingerprint density at radius 2 is 2.00 bits per heavy atom. The Balaban J connectivity index is 2.76. The lowest BCUT2D eigenvalue weighted by Crippen LogP contribution is -2.16. The first-order valence-electron chi connectivity index (χ1n) is 5.50. The number of aryl methyl sites for hydroxylation is 1. The van der Waals surface area contributed by atoms with Gasteiger partial charge in [-0.1, -0.05) is 29.7 Å². The van der Waals surface area contributed by atoms with Gasteiger partial charge in [0.15, 0.2) is 0 Å². The van der Waals surface area contributed by atoms with Crippen LogP contribution in [0.4, 0.5) is 0 Å². The van der Waals surface area contributed by atoms with Crippen LogP contribution in [0, 0.1) is 6.92 Å². The van der Waals surface area contributed by atoms with Gasteiger partial charge < -0.3 is 0 Å². The summed E-state index contributed by atoms with van der Waals surface area (Å²) >= 11 is 0. The second kappa shape index (κ2) is 6.39. The highest BCUT2D eigenvalue weighted by atomic mass is 32.2. The third kappa shape index (κ3) is 4.03. The van der Waals surface area contributed by atoms with Gasteiger partial charge in [-0.15, -0.1) is 0 Å². The van der Waals surface area contributed by atoms with Gasteiger partial charge in [-0.25, -0.2) is 0 Å². The van der Waals surface area contributed by atoms with Crippen LogP contribution in [0.1, 0.15) is 18.9 Å². The molecule has 18 heavy (non-hydrogen) atoms. The van der Waals surface area contributed by atoms with Crippen molar-refractivity contribution >= 4 is 10.1 Å². The Kier molecular flexibility index (Phi) is 5.15. The maximum absolute atomic E-state index is 11.8. The van der Waals surface area contributed by atoms with Crippen LogP contribution in [0.5, 0.6) is 0 Å². The predicted molar refractivity (Wildman–Crippen MR) is 67.5 cm³/mol. The summed E-state index contributed by atoms with van der Waals surface area (Å²) in [5.41, 5.74) is 9.27. The van der Waals surface area contributed by atoms with E-state index in [1.165, 1.54) is 12.1 Å². The van der Waals surface area contributed by atoms with E-state index >= 15 is 0 Å². The van der Waals surface area contributed by atoms with E-state index in [1.807, 2.05) is 6.92 Å². The van der Waals surface area contributed by atoms with Crippen LogP contribution in [0.15, 0.2) is 34.3 Å². The highest BCUT2D eigenvalue weighted by Crippen LogP contribution is 2.14. The molecule has 0 N–H and O–H groups in total. The summed E-state index contributed by atoms with van der Waals surface area (Å²) in [7, 11) is -3.78. The van der Waals surface area contributed by atoms with Crippen molar-refractivity contribution in [1.29, 1.82) is 0 Å². The number of nitrogens with zero attached hydrogens (tertiary/aromatic N) is 3. The average Bonchev–Trinajstić information content (AvgIpc) is 2.35. The molecule has 0 heterocycles. The predicted octanol–water partition coefficient (Wildman–Crippen LogP) is 2.79. The Hall–Kier alpha value is -1.56. The van der Waals surface area contributed by atoms with E-state index in [1.54, 1.807) is 19.1 Å². The largest absolute Gasteiger partial charge is 0.296 e. The lowest BCUT2D eigenvalue weighted by molar-refractivity contribution is 0.288. The first-order chi connectivity index (χ1) is 8.49. The van der Waals surface area contributed by atoms with E-state index in [0.717, 1.165) is 5.56 Å². The van der Waals surface area contributed by atoms with Crippen LogP contribution in [0.2, 0.25) is 0 Å². The molecule has 1 rings (SSSR count). The minimum atomic E-state index is -3.78. The van der Waals surface area contributed by atoms with Crippen molar-refractivity contribution in [3.05, 3.63) is 40.3 Å². The van der Waals surface area contributed by atoms with Crippen molar-refractivity contribution in [3.8, 4) is 0 Å². The minimum Gasteiger partial charge on any atom is -0.266 e. The molecule has 1 unspecified atom stereocenters. The Bertz CT molecular complexity index is 533. The molecule has 0 saturated carbocycles. The highest BCUT2D eigenvalue weighted by molar-refractivity contribution is 7.86. The van der Waals surface area contributed by atoms with E-state index in [0.29, 0.717) is 6.42 Å². The quantitative estimate of drug-likeness (QED) is 0.344. The molecular weight excluding hydrogens is 254 g/mol. The van der Waals surface area contributed by atoms with Gasteiger partial charge in [0.2, 0.25) is 0 Å².